The Kier molecular flexibility index (Phi) is 31.7. The number of carbonyl (C=O) groups is 12. The smallest absolute Gasteiger partial charge is 0.328 e. The van der Waals surface area contributed by atoms with E-state index in [0.717, 1.165) is 12.2 Å². The summed E-state index contributed by atoms with van der Waals surface area (Å²) in [4.78, 5) is 172. The van der Waals surface area contributed by atoms with Crippen molar-refractivity contribution in [3.8, 4) is 0 Å². The minimum atomic E-state index is -4.46. The fourth-order valence-corrected chi connectivity index (χ4v) is 8.12. The first-order valence-corrected chi connectivity index (χ1v) is 28.5. The van der Waals surface area contributed by atoms with Crippen LogP contribution in [-0.4, -0.2) is 224 Å². The van der Waals surface area contributed by atoms with Crippen molar-refractivity contribution in [2.24, 2.45) is 11.7 Å². The number of hydrogen-bond acceptors (Lipinski definition) is 20. The Balaban J connectivity index is 1.44. The lowest BCUT2D eigenvalue weighted by atomic mass is 10.0. The van der Waals surface area contributed by atoms with Crippen molar-refractivity contribution in [3.05, 3.63) is 42.0 Å². The molecule has 468 valence electrons. The fourth-order valence-electron chi connectivity index (χ4n) is 7.62. The van der Waals surface area contributed by atoms with Crippen LogP contribution in [0.25, 0.3) is 0 Å². The lowest BCUT2D eigenvalue weighted by molar-refractivity contribution is -0.145. The molecule has 0 spiro atoms. The van der Waals surface area contributed by atoms with Gasteiger partial charge in [-0.3, -0.25) is 57.4 Å². The average Bonchev–Trinajstić information content (AvgIpc) is 3.90. The summed E-state index contributed by atoms with van der Waals surface area (Å²) in [6, 6.07) is -3.00. The highest BCUT2D eigenvalue weighted by Crippen LogP contribution is 2.34. The number of benzene rings is 1. The van der Waals surface area contributed by atoms with Gasteiger partial charge in [0.2, 0.25) is 47.3 Å². The van der Waals surface area contributed by atoms with Gasteiger partial charge in [-0.05, 0) is 36.5 Å². The minimum absolute atomic E-state index is 0.00291. The molecule has 0 aromatic heterocycles. The van der Waals surface area contributed by atoms with E-state index in [4.69, 9.17) is 39.2 Å². The Morgan fingerprint density at radius 1 is 0.679 bits per heavy atom. The number of esters is 1. The number of nitrogens with one attached hydrogen (secondary N) is 9. The van der Waals surface area contributed by atoms with Gasteiger partial charge in [0, 0.05) is 56.7 Å². The number of primary amides is 1. The molecule has 1 aromatic rings. The number of nitrogens with two attached hydrogens (primary N) is 1. The summed E-state index contributed by atoms with van der Waals surface area (Å²) in [5.41, 5.74) is 6.08. The fraction of sp³-hybridized carbons (Fsp3) is 0.600. The van der Waals surface area contributed by atoms with Crippen molar-refractivity contribution in [1.82, 2.24) is 47.4 Å². The molecule has 2 aliphatic heterocycles. The molecule has 2 heterocycles. The van der Waals surface area contributed by atoms with Crippen molar-refractivity contribution in [1.29, 1.82) is 0 Å². The van der Waals surface area contributed by atoms with Crippen LogP contribution in [0.15, 0.2) is 36.4 Å². The molecule has 0 bridgehead atoms. The number of carbonyl (C=O) groups excluding carboxylic acids is 12. The Labute approximate surface area is 482 Å². The van der Waals surface area contributed by atoms with Gasteiger partial charge < -0.3 is 97.3 Å². The Morgan fingerprint density at radius 3 is 1.83 bits per heavy atom. The van der Waals surface area contributed by atoms with Gasteiger partial charge >= 0.3 is 19.6 Å². The van der Waals surface area contributed by atoms with Crippen LogP contribution in [0.5, 0.6) is 0 Å². The number of aliphatic hydroxyl groups is 2. The van der Waals surface area contributed by atoms with Gasteiger partial charge in [0.15, 0.2) is 0 Å². The Hall–Kier alpha value is -7.49. The van der Waals surface area contributed by atoms with E-state index in [-0.39, 0.29) is 105 Å². The van der Waals surface area contributed by atoms with E-state index in [1.165, 1.54) is 12.1 Å². The SMILES string of the molecule is CC(C)[C@H](NC(=O)[C@H](CO)NC(=O)[C@H](CC(=O)N[C@H]1CCOC1=O)NC(=O)CCOCCOCCOCCOCCNC(=O)[C@H](CNC(=O)CCP(=O)(O)O)N1C(=O)C=CC1=O)C(=O)N[C@@H](CCCNC(N)=O)C(=O)Nc1ccc(CO)cc1. The number of ether oxygens (including phenoxy) is 5. The molecule has 0 radical (unpaired) electrons. The number of urea groups is 1. The largest absolute Gasteiger partial charge is 0.464 e. The van der Waals surface area contributed by atoms with E-state index < -0.39 is 153 Å². The highest BCUT2D eigenvalue weighted by Gasteiger charge is 2.37. The summed E-state index contributed by atoms with van der Waals surface area (Å²) in [7, 11) is -4.46. The van der Waals surface area contributed by atoms with Crippen molar-refractivity contribution in [2.45, 2.75) is 95.2 Å². The molecule has 6 atom stereocenters. The zero-order valence-corrected chi connectivity index (χ0v) is 47.4. The lowest BCUT2D eigenvalue weighted by Crippen LogP contribution is -2.60. The van der Waals surface area contributed by atoms with Crippen molar-refractivity contribution in [2.75, 3.05) is 97.2 Å². The molecule has 33 nitrogen and oxygen atoms in total. The van der Waals surface area contributed by atoms with E-state index in [1.807, 2.05) is 0 Å². The topological polar surface area (TPSA) is 487 Å². The first-order chi connectivity index (χ1) is 39.9. The van der Waals surface area contributed by atoms with E-state index in [1.54, 1.807) is 26.0 Å². The summed E-state index contributed by atoms with van der Waals surface area (Å²) in [6.07, 6.45) is -0.0897. The molecular weight excluding hydrogens is 1140 g/mol. The summed E-state index contributed by atoms with van der Waals surface area (Å²) in [6.45, 7) is 1.89. The van der Waals surface area contributed by atoms with Gasteiger partial charge in [0.1, 0.15) is 36.3 Å². The molecule has 2 aliphatic rings. The van der Waals surface area contributed by atoms with Crippen LogP contribution in [0.1, 0.15) is 57.9 Å². The maximum absolute atomic E-state index is 13.7. The molecule has 0 saturated carbocycles. The molecule has 12 amide bonds. The third-order valence-corrected chi connectivity index (χ3v) is 12.9. The molecule has 3 rings (SSSR count). The molecule has 1 fully saturated rings. The maximum atomic E-state index is 13.7. The molecular formula is C50H76N11O22P. The summed E-state index contributed by atoms with van der Waals surface area (Å²) in [5, 5.41) is 41.7. The number of hydrogen-bond donors (Lipinski definition) is 14. The monoisotopic (exact) mass is 1210 g/mol. The van der Waals surface area contributed by atoms with E-state index >= 15 is 0 Å². The standard InChI is InChI=1S/C50H76N11O22P/c1-30(2)43(48(73)58-33(4-3-14-53-50(51)75)44(69)55-32-7-5-31(28-62)6-8-32)60-46(71)36(29-63)59-45(70)35(26-40(66)56-34-11-17-83-49(34)74)57-39(65)12-16-79-19-21-81-23-24-82-22-20-80-18-15-52-47(72)37(61-41(67)9-10-42(61)68)27-54-38(64)13-25-84(76,77)78/h5-10,30,33-37,43,62-63H,3-4,11-29H2,1-2H3,(H,52,72)(H,54,64)(H,55,69)(H,56,66)(H,57,65)(H,58,73)(H,59,70)(H,60,71)(H3,51,53,75)(H2,76,77,78)/t33-,34-,35-,36-,37-,43-/m0/s1. The number of aliphatic hydroxyl groups excluding tert-OH is 2. The minimum Gasteiger partial charge on any atom is -0.464 e. The number of nitrogens with zero attached hydrogens (tertiary/aromatic N) is 1. The van der Waals surface area contributed by atoms with Gasteiger partial charge in [0.25, 0.3) is 11.8 Å². The number of amides is 12. The van der Waals surface area contributed by atoms with Crippen LogP contribution >= 0.6 is 7.60 Å². The maximum Gasteiger partial charge on any atom is 0.328 e. The lowest BCUT2D eigenvalue weighted by Gasteiger charge is -2.27. The predicted molar refractivity (Wildman–Crippen MR) is 290 cm³/mol. The number of anilines is 1. The van der Waals surface area contributed by atoms with Gasteiger partial charge in [-0.15, -0.1) is 0 Å². The van der Waals surface area contributed by atoms with Gasteiger partial charge in [-0.2, -0.15) is 0 Å². The Bertz CT molecular complexity index is 2480. The molecule has 0 unspecified atom stereocenters. The zero-order valence-electron chi connectivity index (χ0n) is 46.5. The van der Waals surface area contributed by atoms with E-state index in [0.29, 0.717) is 16.2 Å². The predicted octanol–water partition coefficient (Wildman–Crippen LogP) is -5.47. The van der Waals surface area contributed by atoms with E-state index in [2.05, 4.69) is 47.9 Å². The molecule has 0 aliphatic carbocycles. The average molecular weight is 1210 g/mol. The quantitative estimate of drug-likeness (QED) is 0.0126. The molecule has 15 N–H and O–H groups in total. The van der Waals surface area contributed by atoms with Crippen LogP contribution in [0, 0.1) is 5.92 Å². The molecule has 1 aromatic carbocycles. The first kappa shape index (κ1) is 70.8. The summed E-state index contributed by atoms with van der Waals surface area (Å²) >= 11 is 0. The second kappa shape index (κ2) is 37.7. The van der Waals surface area contributed by atoms with Crippen LogP contribution in [0.4, 0.5) is 10.5 Å². The summed E-state index contributed by atoms with van der Waals surface area (Å²) < 4.78 is 37.7. The van der Waals surface area contributed by atoms with Crippen LogP contribution in [-0.2, 0) is 87.6 Å². The van der Waals surface area contributed by atoms with Gasteiger partial charge in [0.05, 0.1) is 85.3 Å². The van der Waals surface area contributed by atoms with Gasteiger partial charge in [-0.25, -0.2) is 9.59 Å². The third kappa shape index (κ3) is 27.3. The summed E-state index contributed by atoms with van der Waals surface area (Å²) in [5.74, 6) is -9.77. The number of imide groups is 1. The molecule has 34 heteroatoms. The van der Waals surface area contributed by atoms with Crippen LogP contribution < -0.4 is 53.6 Å². The van der Waals surface area contributed by atoms with Crippen molar-refractivity contribution in [3.63, 3.8) is 0 Å². The molecule has 1 saturated heterocycles. The van der Waals surface area contributed by atoms with Crippen LogP contribution in [0.3, 0.4) is 0 Å². The second-order valence-corrected chi connectivity index (χ2v) is 20.8. The Morgan fingerprint density at radius 2 is 1.27 bits per heavy atom. The third-order valence-electron chi connectivity index (χ3n) is 12.1. The normalized spacial score (nSPS) is 15.7. The highest BCUT2D eigenvalue weighted by atomic mass is 31.2. The van der Waals surface area contributed by atoms with Crippen molar-refractivity contribution < 1.29 is 106 Å². The highest BCUT2D eigenvalue weighted by molar-refractivity contribution is 7.51. The van der Waals surface area contributed by atoms with Crippen LogP contribution in [0.2, 0.25) is 0 Å². The number of rotatable bonds is 41. The van der Waals surface area contributed by atoms with Gasteiger partial charge in [-0.1, -0.05) is 26.0 Å². The second-order valence-electron chi connectivity index (χ2n) is 19.0. The first-order valence-electron chi connectivity index (χ1n) is 26.7. The van der Waals surface area contributed by atoms with E-state index in [9.17, 15) is 72.3 Å². The zero-order chi connectivity index (χ0) is 62.2. The van der Waals surface area contributed by atoms with Crippen molar-refractivity contribution >= 4 is 84.4 Å². The molecule has 84 heavy (non-hydrogen) atoms. The number of cyclic esters (lactones) is 1.